The molecule has 1 aliphatic rings. The second-order valence-corrected chi connectivity index (χ2v) is 2.51. The van der Waals surface area contributed by atoms with E-state index >= 15 is 0 Å². The summed E-state index contributed by atoms with van der Waals surface area (Å²) in [5.41, 5.74) is 8.21. The van der Waals surface area contributed by atoms with Gasteiger partial charge >= 0.3 is 0 Å². The van der Waals surface area contributed by atoms with Crippen LogP contribution in [0.3, 0.4) is 0 Å². The van der Waals surface area contributed by atoms with Crippen molar-refractivity contribution in [2.75, 3.05) is 0 Å². The molecule has 2 N–H and O–H groups in total. The molecule has 0 saturated heterocycles. The van der Waals surface area contributed by atoms with Crippen LogP contribution in [0.1, 0.15) is 32.6 Å². The number of hydrogen-bond acceptors (Lipinski definition) is 1. The molecule has 0 aromatic rings. The first-order valence-corrected chi connectivity index (χ1v) is 3.25. The second kappa shape index (κ2) is 2.21. The van der Waals surface area contributed by atoms with Crippen LogP contribution in [0.15, 0.2) is 11.3 Å². The first-order chi connectivity index (χ1) is 3.80. The Hall–Kier alpha value is -0.460. The summed E-state index contributed by atoms with van der Waals surface area (Å²) in [5.74, 6) is 0. The highest BCUT2D eigenvalue weighted by atomic mass is 14.6. The molecule has 1 aliphatic carbocycles. The lowest BCUT2D eigenvalue weighted by Crippen LogP contribution is -2.05. The summed E-state index contributed by atoms with van der Waals surface area (Å²) in [4.78, 5) is 0. The first-order valence-electron chi connectivity index (χ1n) is 3.25. The molecule has 8 heavy (non-hydrogen) atoms. The Morgan fingerprint density at radius 2 is 1.88 bits per heavy atom. The van der Waals surface area contributed by atoms with Crippen LogP contribution in [-0.4, -0.2) is 0 Å². The van der Waals surface area contributed by atoms with Gasteiger partial charge in [0.2, 0.25) is 0 Å². The SMILES string of the molecule is CC1=C(N)CCCC1. The summed E-state index contributed by atoms with van der Waals surface area (Å²) >= 11 is 0. The van der Waals surface area contributed by atoms with Crippen molar-refractivity contribution in [3.05, 3.63) is 11.3 Å². The fourth-order valence-electron chi connectivity index (χ4n) is 1.08. The van der Waals surface area contributed by atoms with Gasteiger partial charge in [-0.05, 0) is 32.6 Å². The molecular weight excluding hydrogens is 98.1 g/mol. The zero-order valence-electron chi connectivity index (χ0n) is 5.41. The maximum atomic E-state index is 5.66. The van der Waals surface area contributed by atoms with Crippen LogP contribution in [0.2, 0.25) is 0 Å². The van der Waals surface area contributed by atoms with E-state index in [-0.39, 0.29) is 0 Å². The van der Waals surface area contributed by atoms with Crippen molar-refractivity contribution in [3.63, 3.8) is 0 Å². The fourth-order valence-corrected chi connectivity index (χ4v) is 1.08. The van der Waals surface area contributed by atoms with Crippen molar-refractivity contribution in [2.24, 2.45) is 5.73 Å². The largest absolute Gasteiger partial charge is 0.402 e. The molecule has 0 aromatic heterocycles. The number of hydrogen-bond donors (Lipinski definition) is 1. The molecule has 0 fully saturated rings. The third-order valence-electron chi connectivity index (χ3n) is 1.80. The van der Waals surface area contributed by atoms with Crippen LogP contribution < -0.4 is 5.73 Å². The van der Waals surface area contributed by atoms with Gasteiger partial charge in [0.1, 0.15) is 0 Å². The van der Waals surface area contributed by atoms with Crippen molar-refractivity contribution < 1.29 is 0 Å². The summed E-state index contributed by atoms with van der Waals surface area (Å²) in [6.45, 7) is 2.13. The van der Waals surface area contributed by atoms with E-state index in [4.69, 9.17) is 5.73 Å². The Kier molecular flexibility index (Phi) is 1.56. The van der Waals surface area contributed by atoms with E-state index in [0.717, 1.165) is 12.1 Å². The van der Waals surface area contributed by atoms with Crippen LogP contribution in [-0.2, 0) is 0 Å². The van der Waals surface area contributed by atoms with Gasteiger partial charge < -0.3 is 5.73 Å². The summed E-state index contributed by atoms with van der Waals surface area (Å²) in [7, 11) is 0. The van der Waals surface area contributed by atoms with Crippen LogP contribution in [0.25, 0.3) is 0 Å². The molecule has 0 radical (unpaired) electrons. The third kappa shape index (κ3) is 1.03. The zero-order chi connectivity index (χ0) is 5.98. The highest BCUT2D eigenvalue weighted by Crippen LogP contribution is 2.19. The lowest BCUT2D eigenvalue weighted by atomic mass is 9.98. The van der Waals surface area contributed by atoms with Gasteiger partial charge in [-0.3, -0.25) is 0 Å². The molecule has 0 amide bonds. The van der Waals surface area contributed by atoms with Crippen molar-refractivity contribution in [3.8, 4) is 0 Å². The van der Waals surface area contributed by atoms with E-state index in [1.54, 1.807) is 0 Å². The Balaban J connectivity index is 2.60. The van der Waals surface area contributed by atoms with E-state index in [9.17, 15) is 0 Å². The molecule has 1 rings (SSSR count). The second-order valence-electron chi connectivity index (χ2n) is 2.51. The van der Waals surface area contributed by atoms with Gasteiger partial charge in [-0.1, -0.05) is 5.57 Å². The number of allylic oxidation sites excluding steroid dienone is 2. The smallest absolute Gasteiger partial charge is 0.00695 e. The van der Waals surface area contributed by atoms with E-state index < -0.39 is 0 Å². The normalized spacial score (nSPS) is 21.6. The quantitative estimate of drug-likeness (QED) is 0.506. The number of nitrogens with two attached hydrogens (primary N) is 1. The molecule has 1 heteroatoms. The molecule has 1 nitrogen and oxygen atoms in total. The van der Waals surface area contributed by atoms with Crippen molar-refractivity contribution in [2.45, 2.75) is 32.6 Å². The fraction of sp³-hybridized carbons (Fsp3) is 0.714. The maximum Gasteiger partial charge on any atom is 0.00695 e. The lowest BCUT2D eigenvalue weighted by Gasteiger charge is -2.12. The average Bonchev–Trinajstić information content (AvgIpc) is 1.77. The van der Waals surface area contributed by atoms with Gasteiger partial charge in [0, 0.05) is 5.70 Å². The first kappa shape index (κ1) is 5.67. The van der Waals surface area contributed by atoms with Gasteiger partial charge in [-0.25, -0.2) is 0 Å². The minimum absolute atomic E-state index is 1.13. The average molecular weight is 111 g/mol. The Bertz CT molecular complexity index is 99.6. The lowest BCUT2D eigenvalue weighted by molar-refractivity contribution is 0.667. The van der Waals surface area contributed by atoms with Crippen molar-refractivity contribution in [1.82, 2.24) is 0 Å². The molecule has 0 spiro atoms. The molecule has 0 saturated carbocycles. The van der Waals surface area contributed by atoms with Crippen LogP contribution in [0.4, 0.5) is 0 Å². The van der Waals surface area contributed by atoms with Gasteiger partial charge in [0.05, 0.1) is 0 Å². The highest BCUT2D eigenvalue weighted by molar-refractivity contribution is 5.10. The minimum atomic E-state index is 1.13. The Labute approximate surface area is 50.6 Å². The van der Waals surface area contributed by atoms with Gasteiger partial charge in [-0.2, -0.15) is 0 Å². The van der Waals surface area contributed by atoms with E-state index in [0.29, 0.717) is 0 Å². The summed E-state index contributed by atoms with van der Waals surface area (Å²) < 4.78 is 0. The standard InChI is InChI=1S/C7H13N/c1-6-4-2-3-5-7(6)8/h2-5,8H2,1H3. The minimum Gasteiger partial charge on any atom is -0.402 e. The topological polar surface area (TPSA) is 26.0 Å². The van der Waals surface area contributed by atoms with Gasteiger partial charge in [-0.15, -0.1) is 0 Å². The number of rotatable bonds is 0. The summed E-state index contributed by atoms with van der Waals surface area (Å²) in [6.07, 6.45) is 4.99. The van der Waals surface area contributed by atoms with Crippen LogP contribution in [0.5, 0.6) is 0 Å². The van der Waals surface area contributed by atoms with E-state index in [1.165, 1.54) is 24.8 Å². The molecule has 0 unspecified atom stereocenters. The molecule has 0 atom stereocenters. The molecule has 0 aromatic carbocycles. The Morgan fingerprint density at radius 1 is 1.25 bits per heavy atom. The molecular formula is C7H13N. The predicted molar refractivity (Wildman–Crippen MR) is 35.4 cm³/mol. The van der Waals surface area contributed by atoms with Gasteiger partial charge in [0.25, 0.3) is 0 Å². The molecule has 46 valence electrons. The van der Waals surface area contributed by atoms with E-state index in [1.807, 2.05) is 0 Å². The van der Waals surface area contributed by atoms with E-state index in [2.05, 4.69) is 6.92 Å². The van der Waals surface area contributed by atoms with Crippen molar-refractivity contribution in [1.29, 1.82) is 0 Å². The predicted octanol–water partition coefficient (Wildman–Crippen LogP) is 1.79. The monoisotopic (exact) mass is 111 g/mol. The highest BCUT2D eigenvalue weighted by Gasteiger charge is 2.03. The van der Waals surface area contributed by atoms with Crippen molar-refractivity contribution >= 4 is 0 Å². The molecule has 0 bridgehead atoms. The third-order valence-corrected chi connectivity index (χ3v) is 1.80. The zero-order valence-corrected chi connectivity index (χ0v) is 5.41. The van der Waals surface area contributed by atoms with Gasteiger partial charge in [0.15, 0.2) is 0 Å². The molecule has 0 aliphatic heterocycles. The summed E-state index contributed by atoms with van der Waals surface area (Å²) in [6, 6.07) is 0. The van der Waals surface area contributed by atoms with Crippen LogP contribution >= 0.6 is 0 Å². The summed E-state index contributed by atoms with van der Waals surface area (Å²) in [5, 5.41) is 0. The Morgan fingerprint density at radius 3 is 2.25 bits per heavy atom. The van der Waals surface area contributed by atoms with Crippen LogP contribution in [0, 0.1) is 0 Å². The molecule has 0 heterocycles. The maximum absolute atomic E-state index is 5.66.